The molecule has 1 aromatic carbocycles. The monoisotopic (exact) mass is 464 g/mol. The lowest BCUT2D eigenvalue weighted by Gasteiger charge is -2.22. The van der Waals surface area contributed by atoms with E-state index in [1.165, 1.54) is 27.3 Å². The Hall–Kier alpha value is -2.89. The Morgan fingerprint density at radius 2 is 1.94 bits per heavy atom. The largest absolute Gasteiger partial charge is 0.497 e. The predicted octanol–water partition coefficient (Wildman–Crippen LogP) is 2.03. The van der Waals surface area contributed by atoms with Gasteiger partial charge in [-0.25, -0.2) is 13.4 Å². The summed E-state index contributed by atoms with van der Waals surface area (Å²) in [5.74, 6) is 1.21. The molecule has 0 unspecified atom stereocenters. The number of aryl methyl sites for hydroxylation is 1. The Labute approximate surface area is 185 Å². The number of methoxy groups -OCH3 is 2. The first kappa shape index (κ1) is 22.8. The number of rotatable bonds is 9. The molecule has 9 nitrogen and oxygen atoms in total. The van der Waals surface area contributed by atoms with Gasteiger partial charge in [0.2, 0.25) is 5.91 Å². The molecule has 1 amide bonds. The number of hydrogen-bond donors (Lipinski definition) is 1. The molecule has 1 N–H and O–H groups in total. The molecule has 11 heteroatoms. The summed E-state index contributed by atoms with van der Waals surface area (Å²) < 4.78 is 39.0. The second kappa shape index (κ2) is 9.50. The number of nitrogens with one attached hydrogen (secondary N) is 1. The summed E-state index contributed by atoms with van der Waals surface area (Å²) in [5.41, 5.74) is 0.683. The average Bonchev–Trinajstić information content (AvgIpc) is 3.44. The maximum Gasteiger partial charge on any atom is 0.252 e. The third-order valence-corrected chi connectivity index (χ3v) is 7.83. The van der Waals surface area contributed by atoms with E-state index in [2.05, 4.69) is 10.3 Å². The number of carbonyl (C=O) groups excluding carboxylic acids is 1. The second-order valence-electron chi connectivity index (χ2n) is 6.74. The minimum Gasteiger partial charge on any atom is -0.497 e. The van der Waals surface area contributed by atoms with Crippen LogP contribution >= 0.6 is 11.3 Å². The van der Waals surface area contributed by atoms with Gasteiger partial charge in [0.1, 0.15) is 27.6 Å². The maximum absolute atomic E-state index is 12.9. The summed E-state index contributed by atoms with van der Waals surface area (Å²) in [6, 6.07) is 7.78. The molecule has 0 saturated carbocycles. The number of likely N-dealkylation sites (N-methyl/N-ethyl adjacent to an activating group) is 1. The number of aromatic nitrogens is 2. The van der Waals surface area contributed by atoms with Gasteiger partial charge in [0, 0.05) is 32.6 Å². The molecule has 31 heavy (non-hydrogen) atoms. The standard InChI is InChI=1S/C20H24N4O5S2/c1-23-8-7-21-20(23)19(14-10-15(28-3)12-16(11-14)29-4)22-17(25)13-24(2)31(26,27)18-6-5-9-30-18/h5-12,19H,13H2,1-4H3,(H,22,25)/t19-/m1/s1. The third-order valence-electron chi connectivity index (χ3n) is 4.65. The van der Waals surface area contributed by atoms with Crippen molar-refractivity contribution in [1.82, 2.24) is 19.2 Å². The first-order valence-corrected chi connectivity index (χ1v) is 11.6. The van der Waals surface area contributed by atoms with E-state index >= 15 is 0 Å². The summed E-state index contributed by atoms with van der Waals surface area (Å²) in [6.07, 6.45) is 3.39. The molecule has 0 spiro atoms. The topological polar surface area (TPSA) is 103 Å². The highest BCUT2D eigenvalue weighted by molar-refractivity contribution is 7.91. The van der Waals surface area contributed by atoms with Gasteiger partial charge >= 0.3 is 0 Å². The molecule has 2 aromatic heterocycles. The van der Waals surface area contributed by atoms with Crippen LogP contribution in [-0.2, 0) is 21.9 Å². The highest BCUT2D eigenvalue weighted by Gasteiger charge is 2.27. The first-order valence-electron chi connectivity index (χ1n) is 9.25. The fourth-order valence-electron chi connectivity index (χ4n) is 3.01. The summed E-state index contributed by atoms with van der Waals surface area (Å²) in [7, 11) is 2.52. The van der Waals surface area contributed by atoms with Gasteiger partial charge in [0.05, 0.1) is 20.8 Å². The summed E-state index contributed by atoms with van der Waals surface area (Å²) in [4.78, 5) is 17.2. The molecule has 0 radical (unpaired) electrons. The molecule has 0 bridgehead atoms. The zero-order valence-electron chi connectivity index (χ0n) is 17.6. The highest BCUT2D eigenvalue weighted by atomic mass is 32.2. The minimum atomic E-state index is -3.74. The molecule has 3 rings (SSSR count). The van der Waals surface area contributed by atoms with Gasteiger partial charge in [-0.05, 0) is 29.1 Å². The van der Waals surface area contributed by atoms with Crippen LogP contribution in [0.25, 0.3) is 0 Å². The Morgan fingerprint density at radius 3 is 2.45 bits per heavy atom. The van der Waals surface area contributed by atoms with Crippen molar-refractivity contribution in [2.75, 3.05) is 27.8 Å². The van der Waals surface area contributed by atoms with E-state index in [-0.39, 0.29) is 10.8 Å². The van der Waals surface area contributed by atoms with Crippen molar-refractivity contribution in [2.24, 2.45) is 7.05 Å². The average molecular weight is 465 g/mol. The smallest absolute Gasteiger partial charge is 0.252 e. The number of imidazole rings is 1. The molecule has 0 aliphatic rings. The number of amides is 1. The predicted molar refractivity (Wildman–Crippen MR) is 117 cm³/mol. The number of carbonyl (C=O) groups is 1. The molecule has 1 atom stereocenters. The normalized spacial score (nSPS) is 12.5. The fourth-order valence-corrected chi connectivity index (χ4v) is 5.33. The van der Waals surface area contributed by atoms with Gasteiger partial charge in [-0.1, -0.05) is 6.07 Å². The molecule has 3 aromatic rings. The Kier molecular flexibility index (Phi) is 6.98. The second-order valence-corrected chi connectivity index (χ2v) is 9.96. The van der Waals surface area contributed by atoms with E-state index in [4.69, 9.17) is 9.47 Å². The summed E-state index contributed by atoms with van der Waals surface area (Å²) >= 11 is 1.10. The maximum atomic E-state index is 12.9. The van der Waals surface area contributed by atoms with Crippen molar-refractivity contribution in [3.8, 4) is 11.5 Å². The molecular weight excluding hydrogens is 440 g/mol. The van der Waals surface area contributed by atoms with Crippen molar-refractivity contribution >= 4 is 27.3 Å². The van der Waals surface area contributed by atoms with E-state index in [0.29, 0.717) is 22.9 Å². The van der Waals surface area contributed by atoms with Gasteiger partial charge in [0.15, 0.2) is 0 Å². The number of sulfonamides is 1. The van der Waals surface area contributed by atoms with Gasteiger partial charge in [-0.3, -0.25) is 4.79 Å². The van der Waals surface area contributed by atoms with E-state index in [9.17, 15) is 13.2 Å². The number of benzene rings is 1. The quantitative estimate of drug-likeness (QED) is 0.520. The van der Waals surface area contributed by atoms with Crippen molar-refractivity contribution in [2.45, 2.75) is 10.3 Å². The van der Waals surface area contributed by atoms with Crippen LogP contribution in [-0.4, -0.2) is 56.0 Å². The lowest BCUT2D eigenvalue weighted by Crippen LogP contribution is -2.40. The van der Waals surface area contributed by atoms with E-state index in [1.807, 2.05) is 7.05 Å². The zero-order valence-corrected chi connectivity index (χ0v) is 19.2. The van der Waals surface area contributed by atoms with Crippen molar-refractivity contribution in [3.05, 3.63) is 59.5 Å². The molecule has 0 fully saturated rings. The van der Waals surface area contributed by atoms with Crippen LogP contribution in [0, 0.1) is 0 Å². The summed E-state index contributed by atoms with van der Waals surface area (Å²) in [5, 5.41) is 4.57. The highest BCUT2D eigenvalue weighted by Crippen LogP contribution is 2.29. The molecule has 0 aliphatic carbocycles. The van der Waals surface area contributed by atoms with Crippen LogP contribution in [0.2, 0.25) is 0 Å². The molecule has 0 saturated heterocycles. The number of thiophene rings is 1. The molecule has 2 heterocycles. The van der Waals surface area contributed by atoms with Gasteiger partial charge in [-0.15, -0.1) is 11.3 Å². The van der Waals surface area contributed by atoms with Crippen LogP contribution < -0.4 is 14.8 Å². The van der Waals surface area contributed by atoms with Crippen LogP contribution in [0.3, 0.4) is 0 Å². The van der Waals surface area contributed by atoms with E-state index in [1.54, 1.807) is 46.6 Å². The van der Waals surface area contributed by atoms with Crippen LogP contribution in [0.1, 0.15) is 17.4 Å². The van der Waals surface area contributed by atoms with Crippen LogP contribution in [0.4, 0.5) is 0 Å². The Bertz CT molecular complexity index is 1120. The lowest BCUT2D eigenvalue weighted by atomic mass is 10.0. The van der Waals surface area contributed by atoms with Crippen molar-refractivity contribution in [1.29, 1.82) is 0 Å². The van der Waals surface area contributed by atoms with Gasteiger partial charge in [-0.2, -0.15) is 4.31 Å². The minimum absolute atomic E-state index is 0.181. The van der Waals surface area contributed by atoms with Gasteiger partial charge < -0.3 is 19.4 Å². The third kappa shape index (κ3) is 5.06. The van der Waals surface area contributed by atoms with Crippen molar-refractivity contribution < 1.29 is 22.7 Å². The number of ether oxygens (including phenoxy) is 2. The number of hydrogen-bond acceptors (Lipinski definition) is 7. The lowest BCUT2D eigenvalue weighted by molar-refractivity contribution is -0.121. The number of nitrogens with zero attached hydrogens (tertiary/aromatic N) is 3. The van der Waals surface area contributed by atoms with Crippen molar-refractivity contribution in [3.63, 3.8) is 0 Å². The zero-order chi connectivity index (χ0) is 22.6. The first-order chi connectivity index (χ1) is 14.8. The Balaban J connectivity index is 1.88. The SMILES string of the molecule is COc1cc(OC)cc([C@@H](NC(=O)CN(C)S(=O)(=O)c2cccs2)c2nccn2C)c1. The molecule has 0 aliphatic heterocycles. The van der Waals surface area contributed by atoms with Gasteiger partial charge in [0.25, 0.3) is 10.0 Å². The molecular formula is C20H24N4O5S2. The van der Waals surface area contributed by atoms with Crippen LogP contribution in [0.15, 0.2) is 52.3 Å². The van der Waals surface area contributed by atoms with E-state index in [0.717, 1.165) is 15.6 Å². The fraction of sp³-hybridized carbons (Fsp3) is 0.300. The van der Waals surface area contributed by atoms with E-state index < -0.39 is 22.0 Å². The Morgan fingerprint density at radius 1 is 1.26 bits per heavy atom. The molecule has 166 valence electrons. The van der Waals surface area contributed by atoms with Crippen LogP contribution in [0.5, 0.6) is 11.5 Å². The summed E-state index contributed by atoms with van der Waals surface area (Å²) in [6.45, 7) is -0.345.